The lowest BCUT2D eigenvalue weighted by molar-refractivity contribution is 0.170. The Morgan fingerprint density at radius 2 is 1.90 bits per heavy atom. The number of benzene rings is 1. The number of ether oxygens (including phenoxy) is 1. The van der Waals surface area contributed by atoms with Crippen molar-refractivity contribution >= 4 is 18.5 Å². The fraction of sp³-hybridized carbons (Fsp3) is 0.720. The van der Waals surface area contributed by atoms with Gasteiger partial charge in [-0.1, -0.05) is 57.1 Å². The Bertz CT molecular complexity index is 702. The van der Waals surface area contributed by atoms with Crippen molar-refractivity contribution < 1.29 is 9.53 Å². The van der Waals surface area contributed by atoms with E-state index in [0.717, 1.165) is 18.1 Å². The largest absolute Gasteiger partial charge is 0.414 e. The van der Waals surface area contributed by atoms with Crippen LogP contribution in [-0.4, -0.2) is 49.1 Å². The van der Waals surface area contributed by atoms with E-state index in [-0.39, 0.29) is 18.5 Å². The Hall–Kier alpha value is -1.26. The van der Waals surface area contributed by atoms with Crippen molar-refractivity contribution in [2.45, 2.75) is 82.6 Å². The molecule has 0 spiro atoms. The number of hydrogen-bond acceptors (Lipinski definition) is 3. The molecule has 3 aliphatic rings. The lowest BCUT2D eigenvalue weighted by atomic mass is 9.79. The number of likely N-dealkylation sites (tertiary alicyclic amines) is 1. The molecule has 5 heteroatoms. The normalized spacial score (nSPS) is 23.9. The van der Waals surface area contributed by atoms with Gasteiger partial charge in [0.15, 0.2) is 0 Å². The molecule has 1 aromatic carbocycles. The second kappa shape index (κ2) is 10.9. The van der Waals surface area contributed by atoms with Crippen LogP contribution in [0.5, 0.6) is 5.75 Å². The molecule has 1 saturated carbocycles. The van der Waals surface area contributed by atoms with Gasteiger partial charge in [0.2, 0.25) is 0 Å². The molecule has 2 fully saturated rings. The molecule has 0 N–H and O–H groups in total. The van der Waals surface area contributed by atoms with Gasteiger partial charge in [-0.3, -0.25) is 4.90 Å². The molecule has 2 unspecified atom stereocenters. The van der Waals surface area contributed by atoms with E-state index in [0.29, 0.717) is 12.0 Å². The zero-order valence-electron chi connectivity index (χ0n) is 18.8. The number of rotatable bonds is 6. The first-order valence-electron chi connectivity index (χ1n) is 11.9. The number of carbonyl (C=O) groups excluding carboxylic acids is 1. The Morgan fingerprint density at radius 1 is 1.10 bits per heavy atom. The Morgan fingerprint density at radius 3 is 2.67 bits per heavy atom. The molecule has 2 aliphatic carbocycles. The van der Waals surface area contributed by atoms with E-state index >= 15 is 0 Å². The van der Waals surface area contributed by atoms with Crippen molar-refractivity contribution in [2.75, 3.05) is 27.2 Å². The molecule has 1 saturated heterocycles. The fourth-order valence-corrected chi connectivity index (χ4v) is 5.94. The first-order chi connectivity index (χ1) is 14.1. The van der Waals surface area contributed by atoms with Crippen molar-refractivity contribution in [3.8, 4) is 5.75 Å². The minimum Gasteiger partial charge on any atom is -0.410 e. The van der Waals surface area contributed by atoms with E-state index in [1.807, 2.05) is 6.07 Å². The molecule has 30 heavy (non-hydrogen) atoms. The van der Waals surface area contributed by atoms with Crippen LogP contribution in [0.4, 0.5) is 4.79 Å². The lowest BCUT2D eigenvalue weighted by Crippen LogP contribution is -2.36. The average Bonchev–Trinajstić information content (AvgIpc) is 3.15. The van der Waals surface area contributed by atoms with Gasteiger partial charge in [-0.2, -0.15) is 0 Å². The van der Waals surface area contributed by atoms with Crippen LogP contribution in [0.1, 0.15) is 81.3 Å². The Labute approximate surface area is 188 Å². The summed E-state index contributed by atoms with van der Waals surface area (Å²) in [5.74, 6) is 2.39. The van der Waals surface area contributed by atoms with Crippen LogP contribution in [0.25, 0.3) is 0 Å². The molecule has 4 nitrogen and oxygen atoms in total. The van der Waals surface area contributed by atoms with Gasteiger partial charge >= 0.3 is 6.09 Å². The first-order valence-corrected chi connectivity index (χ1v) is 11.9. The Balaban J connectivity index is 0.00000256. The molecule has 1 aliphatic heterocycles. The first kappa shape index (κ1) is 23.4. The van der Waals surface area contributed by atoms with E-state index in [1.54, 1.807) is 14.1 Å². The molecule has 1 amide bonds. The number of amides is 1. The van der Waals surface area contributed by atoms with Gasteiger partial charge in [0.1, 0.15) is 5.75 Å². The molecular weight excluding hydrogens is 396 g/mol. The van der Waals surface area contributed by atoms with Crippen LogP contribution in [0.3, 0.4) is 0 Å². The van der Waals surface area contributed by atoms with Gasteiger partial charge in [-0.25, -0.2) is 4.79 Å². The summed E-state index contributed by atoms with van der Waals surface area (Å²) in [7, 11) is 3.47. The van der Waals surface area contributed by atoms with Crippen LogP contribution in [-0.2, 0) is 6.42 Å². The van der Waals surface area contributed by atoms with E-state index < -0.39 is 0 Å². The van der Waals surface area contributed by atoms with E-state index in [1.165, 1.54) is 93.3 Å². The summed E-state index contributed by atoms with van der Waals surface area (Å²) < 4.78 is 5.66. The molecule has 2 atom stereocenters. The minimum absolute atomic E-state index is 0. The summed E-state index contributed by atoms with van der Waals surface area (Å²) in [6.45, 7) is 2.48. The highest BCUT2D eigenvalue weighted by Crippen LogP contribution is 2.44. The molecule has 0 bridgehead atoms. The second-order valence-electron chi connectivity index (χ2n) is 9.62. The van der Waals surface area contributed by atoms with Crippen molar-refractivity contribution in [1.29, 1.82) is 0 Å². The van der Waals surface area contributed by atoms with Gasteiger partial charge in [-0.15, -0.1) is 12.4 Å². The second-order valence-corrected chi connectivity index (χ2v) is 9.62. The summed E-state index contributed by atoms with van der Waals surface area (Å²) in [5, 5.41) is 0. The predicted octanol–water partition coefficient (Wildman–Crippen LogP) is 6.02. The van der Waals surface area contributed by atoms with Crippen LogP contribution in [0.2, 0.25) is 0 Å². The maximum absolute atomic E-state index is 12.0. The maximum atomic E-state index is 12.0. The van der Waals surface area contributed by atoms with Crippen molar-refractivity contribution in [3.63, 3.8) is 0 Å². The number of fused-ring (bicyclic) bond motifs is 3. The van der Waals surface area contributed by atoms with Crippen LogP contribution >= 0.6 is 12.4 Å². The zero-order valence-corrected chi connectivity index (χ0v) is 19.6. The third kappa shape index (κ3) is 5.31. The van der Waals surface area contributed by atoms with Crippen LogP contribution in [0.15, 0.2) is 18.2 Å². The lowest BCUT2D eigenvalue weighted by Gasteiger charge is -2.34. The van der Waals surface area contributed by atoms with Gasteiger partial charge in [0, 0.05) is 26.1 Å². The highest BCUT2D eigenvalue weighted by atomic mass is 35.5. The number of unbranched alkanes of at least 4 members (excludes halogenated alkanes) is 1. The highest BCUT2D eigenvalue weighted by molar-refractivity contribution is 5.85. The fourth-order valence-electron chi connectivity index (χ4n) is 5.94. The van der Waals surface area contributed by atoms with Gasteiger partial charge in [0.05, 0.1) is 0 Å². The van der Waals surface area contributed by atoms with E-state index in [2.05, 4.69) is 17.0 Å². The number of hydrogen-bond donors (Lipinski definition) is 0. The van der Waals surface area contributed by atoms with Crippen LogP contribution < -0.4 is 4.74 Å². The zero-order chi connectivity index (χ0) is 20.2. The molecular formula is C25H39ClN2O2. The highest BCUT2D eigenvalue weighted by Gasteiger charge is 2.39. The summed E-state index contributed by atoms with van der Waals surface area (Å²) in [6, 6.07) is 6.97. The molecule has 168 valence electrons. The van der Waals surface area contributed by atoms with Crippen LogP contribution in [0, 0.1) is 5.92 Å². The average molecular weight is 435 g/mol. The van der Waals surface area contributed by atoms with E-state index in [9.17, 15) is 4.79 Å². The van der Waals surface area contributed by atoms with Gasteiger partial charge < -0.3 is 9.64 Å². The topological polar surface area (TPSA) is 32.8 Å². The van der Waals surface area contributed by atoms with Gasteiger partial charge in [-0.05, 0) is 61.9 Å². The third-order valence-corrected chi connectivity index (χ3v) is 7.51. The molecule has 1 heterocycles. The number of nitrogens with zero attached hydrogens (tertiary/aromatic N) is 2. The number of carbonyl (C=O) groups is 1. The quantitative estimate of drug-likeness (QED) is 0.513. The van der Waals surface area contributed by atoms with Crippen molar-refractivity contribution in [1.82, 2.24) is 9.80 Å². The summed E-state index contributed by atoms with van der Waals surface area (Å²) >= 11 is 0. The number of halogens is 1. The van der Waals surface area contributed by atoms with Gasteiger partial charge in [0.25, 0.3) is 0 Å². The summed E-state index contributed by atoms with van der Waals surface area (Å²) in [5.41, 5.74) is 2.69. The third-order valence-electron chi connectivity index (χ3n) is 7.51. The SMILES string of the molecule is CN(C)C(=O)Oc1cccc2c1CCC1C2CCN1CCCCC1CCCCC1.Cl. The van der Waals surface area contributed by atoms with Crippen molar-refractivity contribution in [3.05, 3.63) is 29.3 Å². The maximum Gasteiger partial charge on any atom is 0.414 e. The molecule has 0 aromatic heterocycles. The minimum atomic E-state index is -0.286. The summed E-state index contributed by atoms with van der Waals surface area (Å²) in [4.78, 5) is 16.3. The predicted molar refractivity (Wildman–Crippen MR) is 125 cm³/mol. The smallest absolute Gasteiger partial charge is 0.410 e. The molecule has 4 rings (SSSR count). The molecule has 1 aromatic rings. The summed E-state index contributed by atoms with van der Waals surface area (Å²) in [6.07, 6.45) is 14.7. The van der Waals surface area contributed by atoms with Crippen molar-refractivity contribution in [2.24, 2.45) is 5.92 Å². The monoisotopic (exact) mass is 434 g/mol. The molecule has 0 radical (unpaired) electrons. The van der Waals surface area contributed by atoms with E-state index in [4.69, 9.17) is 4.74 Å². The Kier molecular flexibility index (Phi) is 8.47. The standard InChI is InChI=1S/C25H38N2O2.ClH/c1-26(2)25(28)29-24-13-8-12-20-21-16-18-27(23(21)15-14-22(20)24)17-7-6-11-19-9-4-3-5-10-19;/h8,12-13,19,21,23H,3-7,9-11,14-18H2,1-2H3;1H.